The van der Waals surface area contributed by atoms with Crippen LogP contribution in [0.15, 0.2) is 18.2 Å². The second-order valence-electron chi connectivity index (χ2n) is 5.25. The van der Waals surface area contributed by atoms with Gasteiger partial charge in [-0.1, -0.05) is 13.8 Å². The Morgan fingerprint density at radius 3 is 2.63 bits per heavy atom. The summed E-state index contributed by atoms with van der Waals surface area (Å²) in [5.41, 5.74) is 1.21. The third-order valence-electron chi connectivity index (χ3n) is 3.06. The van der Waals surface area contributed by atoms with Gasteiger partial charge in [0.15, 0.2) is 0 Å². The Morgan fingerprint density at radius 1 is 1.42 bits per heavy atom. The zero-order valence-corrected chi connectivity index (χ0v) is 12.1. The average Bonchev–Trinajstić information content (AvgIpc) is 2.36. The first-order valence-corrected chi connectivity index (χ1v) is 6.52. The molecule has 1 N–H and O–H groups in total. The molecule has 0 atom stereocenters. The number of carboxylic acid groups (broad SMARTS) is 1. The summed E-state index contributed by atoms with van der Waals surface area (Å²) in [6.07, 6.45) is 1.12. The number of benzene rings is 1. The number of rotatable bonds is 7. The normalized spacial score (nSPS) is 11.1. The molecule has 0 saturated heterocycles. The third kappa shape index (κ3) is 4.91. The number of methoxy groups -OCH3 is 1. The number of ether oxygens (including phenoxy) is 1. The van der Waals surface area contributed by atoms with Crippen molar-refractivity contribution in [3.05, 3.63) is 29.3 Å². The lowest BCUT2D eigenvalue weighted by molar-refractivity contribution is 0.0696. The molecule has 0 bridgehead atoms. The van der Waals surface area contributed by atoms with Crippen molar-refractivity contribution in [2.45, 2.75) is 26.8 Å². The van der Waals surface area contributed by atoms with Crippen LogP contribution in [0.1, 0.15) is 36.2 Å². The molecule has 0 aliphatic heterocycles. The minimum atomic E-state index is -0.909. The first kappa shape index (κ1) is 15.5. The van der Waals surface area contributed by atoms with Gasteiger partial charge in [0.2, 0.25) is 0 Å². The van der Waals surface area contributed by atoms with E-state index in [9.17, 15) is 4.79 Å². The molecule has 0 radical (unpaired) electrons. The smallest absolute Gasteiger partial charge is 0.335 e. The third-order valence-corrected chi connectivity index (χ3v) is 3.06. The number of nitrogens with zero attached hydrogens (tertiary/aromatic N) is 1. The molecule has 0 amide bonds. The standard InChI is InChI=1S/C15H23NO3/c1-11(2)7-8-16(3)10-13-9-12(15(17)18)5-6-14(13)19-4/h5-6,9,11H,7-8,10H2,1-4H3,(H,17,18). The molecule has 0 saturated carbocycles. The molecule has 0 aromatic heterocycles. The molecule has 0 spiro atoms. The summed E-state index contributed by atoms with van der Waals surface area (Å²) in [5.74, 6) is 0.491. The van der Waals surface area contributed by atoms with Gasteiger partial charge in [0, 0.05) is 12.1 Å². The first-order chi connectivity index (χ1) is 8.93. The highest BCUT2D eigenvalue weighted by Crippen LogP contribution is 2.21. The van der Waals surface area contributed by atoms with Gasteiger partial charge in [-0.15, -0.1) is 0 Å². The van der Waals surface area contributed by atoms with Crippen molar-refractivity contribution >= 4 is 5.97 Å². The van der Waals surface area contributed by atoms with E-state index in [1.54, 1.807) is 25.3 Å². The van der Waals surface area contributed by atoms with Crippen LogP contribution in [0.2, 0.25) is 0 Å². The maximum absolute atomic E-state index is 11.0. The van der Waals surface area contributed by atoms with Gasteiger partial charge in [0.05, 0.1) is 12.7 Å². The van der Waals surface area contributed by atoms with Crippen LogP contribution >= 0.6 is 0 Å². The summed E-state index contributed by atoms with van der Waals surface area (Å²) >= 11 is 0. The van der Waals surface area contributed by atoms with Crippen LogP contribution < -0.4 is 4.74 Å². The summed E-state index contributed by atoms with van der Waals surface area (Å²) in [7, 11) is 3.64. The zero-order valence-electron chi connectivity index (χ0n) is 12.1. The highest BCUT2D eigenvalue weighted by Gasteiger charge is 2.11. The van der Waals surface area contributed by atoms with E-state index in [1.807, 2.05) is 7.05 Å². The molecule has 106 valence electrons. The minimum Gasteiger partial charge on any atom is -0.496 e. The van der Waals surface area contributed by atoms with E-state index < -0.39 is 5.97 Å². The van der Waals surface area contributed by atoms with Crippen LogP contribution in [0, 0.1) is 5.92 Å². The van der Waals surface area contributed by atoms with E-state index in [1.165, 1.54) is 0 Å². The van der Waals surface area contributed by atoms with Crippen LogP contribution in [0.4, 0.5) is 0 Å². The maximum atomic E-state index is 11.0. The molecule has 19 heavy (non-hydrogen) atoms. The van der Waals surface area contributed by atoms with E-state index in [4.69, 9.17) is 9.84 Å². The van der Waals surface area contributed by atoms with E-state index in [0.717, 1.165) is 24.3 Å². The van der Waals surface area contributed by atoms with Gasteiger partial charge >= 0.3 is 5.97 Å². The summed E-state index contributed by atoms with van der Waals surface area (Å²) in [6.45, 7) is 6.06. The molecular weight excluding hydrogens is 242 g/mol. The Hall–Kier alpha value is -1.55. The van der Waals surface area contributed by atoms with Gasteiger partial charge in [0.1, 0.15) is 5.75 Å². The van der Waals surface area contributed by atoms with Crippen molar-refractivity contribution in [2.75, 3.05) is 20.7 Å². The second-order valence-corrected chi connectivity index (χ2v) is 5.25. The highest BCUT2D eigenvalue weighted by molar-refractivity contribution is 5.88. The van der Waals surface area contributed by atoms with Crippen molar-refractivity contribution in [1.82, 2.24) is 4.90 Å². The Kier molecular flexibility index (Phi) is 5.83. The van der Waals surface area contributed by atoms with Crippen LogP contribution in [0.5, 0.6) is 5.75 Å². The molecule has 0 heterocycles. The zero-order chi connectivity index (χ0) is 14.4. The van der Waals surface area contributed by atoms with Crippen LogP contribution in [-0.2, 0) is 6.54 Å². The summed E-state index contributed by atoms with van der Waals surface area (Å²) in [5, 5.41) is 9.03. The first-order valence-electron chi connectivity index (χ1n) is 6.52. The number of hydrogen-bond acceptors (Lipinski definition) is 3. The average molecular weight is 265 g/mol. The quantitative estimate of drug-likeness (QED) is 0.823. The summed E-state index contributed by atoms with van der Waals surface area (Å²) in [6, 6.07) is 4.97. The van der Waals surface area contributed by atoms with Gasteiger partial charge in [-0.2, -0.15) is 0 Å². The molecule has 1 rings (SSSR count). The SMILES string of the molecule is COc1ccc(C(=O)O)cc1CN(C)CCC(C)C. The number of aromatic carboxylic acids is 1. The lowest BCUT2D eigenvalue weighted by atomic mass is 10.1. The van der Waals surface area contributed by atoms with Gasteiger partial charge in [0.25, 0.3) is 0 Å². The van der Waals surface area contributed by atoms with Crippen molar-refractivity contribution in [2.24, 2.45) is 5.92 Å². The fourth-order valence-electron chi connectivity index (χ4n) is 1.88. The molecule has 0 unspecified atom stereocenters. The van der Waals surface area contributed by atoms with E-state index in [2.05, 4.69) is 18.7 Å². The van der Waals surface area contributed by atoms with Gasteiger partial charge in [-0.3, -0.25) is 0 Å². The summed E-state index contributed by atoms with van der Waals surface area (Å²) < 4.78 is 5.29. The Balaban J connectivity index is 2.79. The van der Waals surface area contributed by atoms with Crippen molar-refractivity contribution < 1.29 is 14.6 Å². The predicted molar refractivity (Wildman–Crippen MR) is 75.7 cm³/mol. The number of hydrogen-bond donors (Lipinski definition) is 1. The van der Waals surface area contributed by atoms with Crippen LogP contribution in [0.3, 0.4) is 0 Å². The lowest BCUT2D eigenvalue weighted by Crippen LogP contribution is -2.21. The summed E-state index contributed by atoms with van der Waals surface area (Å²) in [4.78, 5) is 13.2. The van der Waals surface area contributed by atoms with Crippen molar-refractivity contribution in [1.29, 1.82) is 0 Å². The van der Waals surface area contributed by atoms with Gasteiger partial charge in [-0.05, 0) is 44.1 Å². The number of carbonyl (C=O) groups is 1. The van der Waals surface area contributed by atoms with E-state index >= 15 is 0 Å². The second kappa shape index (κ2) is 7.14. The Labute approximate surface area is 115 Å². The molecule has 4 nitrogen and oxygen atoms in total. The van der Waals surface area contributed by atoms with Gasteiger partial charge in [-0.25, -0.2) is 4.79 Å². The van der Waals surface area contributed by atoms with Crippen molar-refractivity contribution in [3.8, 4) is 5.75 Å². The van der Waals surface area contributed by atoms with Crippen LogP contribution in [-0.4, -0.2) is 36.7 Å². The fourth-order valence-corrected chi connectivity index (χ4v) is 1.88. The molecule has 4 heteroatoms. The van der Waals surface area contributed by atoms with E-state index in [-0.39, 0.29) is 0 Å². The molecular formula is C15H23NO3. The fraction of sp³-hybridized carbons (Fsp3) is 0.533. The van der Waals surface area contributed by atoms with Crippen molar-refractivity contribution in [3.63, 3.8) is 0 Å². The van der Waals surface area contributed by atoms with Crippen LogP contribution in [0.25, 0.3) is 0 Å². The predicted octanol–water partition coefficient (Wildman–Crippen LogP) is 2.87. The molecule has 1 aromatic rings. The monoisotopic (exact) mass is 265 g/mol. The maximum Gasteiger partial charge on any atom is 0.335 e. The molecule has 0 aliphatic carbocycles. The topological polar surface area (TPSA) is 49.8 Å². The minimum absolute atomic E-state index is 0.299. The Morgan fingerprint density at radius 2 is 2.11 bits per heavy atom. The number of carboxylic acids is 1. The molecule has 0 fully saturated rings. The largest absolute Gasteiger partial charge is 0.496 e. The molecule has 0 aliphatic rings. The molecule has 1 aromatic carbocycles. The highest BCUT2D eigenvalue weighted by atomic mass is 16.5. The Bertz CT molecular complexity index is 429. The van der Waals surface area contributed by atoms with Gasteiger partial charge < -0.3 is 14.7 Å². The lowest BCUT2D eigenvalue weighted by Gasteiger charge is -2.19. The van der Waals surface area contributed by atoms with E-state index in [0.29, 0.717) is 18.0 Å².